The first-order chi connectivity index (χ1) is 42.4. The van der Waals surface area contributed by atoms with E-state index in [1.54, 1.807) is 12.1 Å². The molecule has 3 saturated heterocycles. The number of oxazole rings is 1. The largest absolute Gasteiger partial charge is 1.00 e. The minimum Gasteiger partial charge on any atom is -0.691 e. The molecular weight excluding hydrogens is 1220 g/mol. The number of primary amides is 1. The summed E-state index contributed by atoms with van der Waals surface area (Å²) in [6.45, 7) is 3.28. The number of nitrogens with one attached hydrogen (secondary N) is 5. The quantitative estimate of drug-likeness (QED) is 0.0114. The van der Waals surface area contributed by atoms with Gasteiger partial charge in [-0.1, -0.05) is 52.0 Å². The van der Waals surface area contributed by atoms with E-state index in [-0.39, 0.29) is 70.0 Å². The van der Waals surface area contributed by atoms with Crippen molar-refractivity contribution < 1.29 is 137 Å². The van der Waals surface area contributed by atoms with Crippen molar-refractivity contribution in [2.75, 3.05) is 26.2 Å². The first-order valence-electron chi connectivity index (χ1n) is 28.7. The number of β-amino-alcohol motifs (C(OH)–C–C–N with tert-alkyl or cyclic N) is 1. The number of hydrogen-bond acceptors (Lipinski definition) is 25. The van der Waals surface area contributed by atoms with Crippen LogP contribution in [-0.2, 0) is 42.9 Å². The molecule has 486 valence electrons. The predicted octanol–water partition coefficient (Wildman–Crippen LogP) is -6.18. The molecule has 4 aromatic rings. The molecule has 8 amide bonds. The summed E-state index contributed by atoms with van der Waals surface area (Å²) in [4.78, 5) is 124. The molecule has 32 nitrogen and oxygen atoms in total. The third kappa shape index (κ3) is 18.4. The molecule has 7 rings (SSSR count). The van der Waals surface area contributed by atoms with Crippen LogP contribution < -0.4 is 76.1 Å². The van der Waals surface area contributed by atoms with E-state index in [0.29, 0.717) is 23.0 Å². The first-order valence-corrected chi connectivity index (χ1v) is 29.4. The Bertz CT molecular complexity index is 3150. The number of carbonyl (C=O) groups is 8. The number of ether oxygens (including phenoxy) is 1. The third-order valence-electron chi connectivity index (χ3n) is 15.3. The molecule has 34 heteroatoms. The zero-order chi connectivity index (χ0) is 64.8. The maximum atomic E-state index is 14.7. The van der Waals surface area contributed by atoms with Gasteiger partial charge in [0.25, 0.3) is 18.2 Å². The van der Waals surface area contributed by atoms with E-state index in [1.165, 1.54) is 44.2 Å². The van der Waals surface area contributed by atoms with Crippen molar-refractivity contribution >= 4 is 70.7 Å². The van der Waals surface area contributed by atoms with Crippen LogP contribution in [0.2, 0.25) is 0 Å². The standard InChI is InChI=1S/C56H74N10O22S.Na/c1-4-5-6-7-8-9-16-84-41-15-12-30(22-58-41)54-61-33-17-29(11-14-38(33)85-54)49(76)60-34-19-31(68)23-59-53(80)45-46(73)26(2)24-66(45)56(82)43(37(71)21-40(57)72)63-52(79)44(48(75)47(74)28-10-13-36(70)39(18-28)86-89-88-87-83)64-51(78)35-20-32(69)25-65(35)55(81)42(27(3)67)62-50(34)77;/h10-15,17-18,22,26-27,31-32,34-35,37,42-48,67-71,73-75,83H,4-9,16,19-21,23-25H2,1-3H3,(H2,57,72)(H,59,80)(H,60,76)(H,62,77)(H,63,79)(H,64,78);/q;+1/p-1/t26?,27?,31?,32?,34-,35?,37?,42?,43?,44?,45?,46?,47?,48?;/m0./s1. The van der Waals surface area contributed by atoms with E-state index < -0.39 is 183 Å². The van der Waals surface area contributed by atoms with Gasteiger partial charge in [-0.2, -0.15) is 0 Å². The fraction of sp³-hybridized carbons (Fsp3) is 0.536. The fourth-order valence-corrected chi connectivity index (χ4v) is 10.8. The number of aromatic hydroxyl groups is 1. The van der Waals surface area contributed by atoms with Crippen molar-refractivity contribution in [1.82, 2.24) is 46.4 Å². The molecular formula is C56H73N10NaO22S. The minimum absolute atomic E-state index is 0. The van der Waals surface area contributed by atoms with Crippen LogP contribution in [0.4, 0.5) is 0 Å². The summed E-state index contributed by atoms with van der Waals surface area (Å²) in [6, 6.07) is -2.04. The number of amides is 8. The molecule has 0 aliphatic carbocycles. The Hall–Kier alpha value is -6.83. The van der Waals surface area contributed by atoms with Gasteiger partial charge in [-0.05, 0) is 55.3 Å². The second kappa shape index (κ2) is 33.5. The van der Waals surface area contributed by atoms with Gasteiger partial charge in [-0.25, -0.2) is 9.97 Å². The number of fused-ring (bicyclic) bond motifs is 3. The number of phenolic OH excluding ortho intramolecular Hbond substituents is 1. The van der Waals surface area contributed by atoms with Crippen LogP contribution in [-0.4, -0.2) is 207 Å². The molecule has 13 unspecified atom stereocenters. The number of carbonyl (C=O) groups excluding carboxylic acids is 8. The number of nitrogens with two attached hydrogens (primary N) is 1. The molecule has 0 radical (unpaired) electrons. The van der Waals surface area contributed by atoms with Gasteiger partial charge in [0, 0.05) is 56.2 Å². The second-order valence-electron chi connectivity index (χ2n) is 22.1. The molecule has 0 bridgehead atoms. The Kier molecular flexibility index (Phi) is 26.9. The summed E-state index contributed by atoms with van der Waals surface area (Å²) in [6.07, 6.45) is -8.23. The Balaban J connectivity index is 0.0000129. The minimum atomic E-state index is -2.54. The van der Waals surface area contributed by atoms with E-state index in [9.17, 15) is 84.5 Å². The number of unbranched alkanes of at least 4 members (excludes halogenated alkanes) is 5. The number of benzene rings is 2. The second-order valence-corrected chi connectivity index (χ2v) is 22.5. The van der Waals surface area contributed by atoms with Crippen LogP contribution in [0.1, 0.15) is 101 Å². The number of phenols is 1. The number of aliphatic hydroxyl groups excluding tert-OH is 7. The molecule has 0 spiro atoms. The zero-order valence-corrected chi connectivity index (χ0v) is 52.4. The summed E-state index contributed by atoms with van der Waals surface area (Å²) in [5.41, 5.74) is 5.85. The molecule has 3 aliphatic rings. The molecule has 90 heavy (non-hydrogen) atoms. The Morgan fingerprint density at radius 2 is 1.54 bits per heavy atom. The summed E-state index contributed by atoms with van der Waals surface area (Å²) >= 11 is -0.0881. The third-order valence-corrected chi connectivity index (χ3v) is 15.7. The van der Waals surface area contributed by atoms with E-state index in [0.717, 1.165) is 55.7 Å². The summed E-state index contributed by atoms with van der Waals surface area (Å²) in [5, 5.41) is 115. The van der Waals surface area contributed by atoms with Crippen LogP contribution in [0.25, 0.3) is 22.6 Å². The van der Waals surface area contributed by atoms with Gasteiger partial charge >= 0.3 is 29.6 Å². The van der Waals surface area contributed by atoms with Crippen molar-refractivity contribution in [2.24, 2.45) is 11.7 Å². The van der Waals surface area contributed by atoms with Crippen molar-refractivity contribution in [1.29, 1.82) is 0 Å². The smallest absolute Gasteiger partial charge is 0.691 e. The van der Waals surface area contributed by atoms with Gasteiger partial charge in [-0.15, -0.1) is 4.33 Å². The maximum Gasteiger partial charge on any atom is 1.00 e. The van der Waals surface area contributed by atoms with Gasteiger partial charge in [0.05, 0.1) is 49.1 Å². The van der Waals surface area contributed by atoms with Crippen LogP contribution >= 0.6 is 12.3 Å². The molecule has 3 fully saturated rings. The Morgan fingerprint density at radius 1 is 0.844 bits per heavy atom. The van der Waals surface area contributed by atoms with Crippen molar-refractivity contribution in [3.63, 3.8) is 0 Å². The molecule has 3 aliphatic heterocycles. The maximum absolute atomic E-state index is 14.7. The Morgan fingerprint density at radius 3 is 2.23 bits per heavy atom. The SMILES string of the molecule is CCCCCCCCOc1ccc(-c2nc3cc(C(=O)N[C@H]4CC(O)CNC(=O)C5C(O)C(C)CN5C(=O)C(C(O)CC(N)=O)NC(=O)C(C(O)C(O)c5ccc(O)c(OSOO[O-])c5)NC(=O)C5CC(O)CN5C(=O)C(C(C)O)NC4=O)ccc3o2)cn1.[Na+]. The van der Waals surface area contributed by atoms with Crippen molar-refractivity contribution in [3.8, 4) is 28.8 Å². The molecule has 2 aromatic heterocycles. The number of hydrogen-bond donors (Lipinski definition) is 14. The normalized spacial score (nSPS) is 25.2. The number of aliphatic hydroxyl groups is 7. The summed E-state index contributed by atoms with van der Waals surface area (Å²) in [5.74, 6) is -11.6. The van der Waals surface area contributed by atoms with Crippen LogP contribution in [0.15, 0.2) is 59.1 Å². The predicted molar refractivity (Wildman–Crippen MR) is 305 cm³/mol. The monoisotopic (exact) mass is 1290 g/mol. The van der Waals surface area contributed by atoms with E-state index in [1.807, 2.05) is 0 Å². The Labute approximate surface area is 541 Å². The fourth-order valence-electron chi connectivity index (χ4n) is 10.5. The number of pyridine rings is 1. The van der Waals surface area contributed by atoms with Crippen LogP contribution in [0.5, 0.6) is 17.4 Å². The van der Waals surface area contributed by atoms with Gasteiger partial charge in [0.2, 0.25) is 53.1 Å². The molecule has 5 heterocycles. The van der Waals surface area contributed by atoms with Crippen LogP contribution in [0, 0.1) is 5.92 Å². The van der Waals surface area contributed by atoms with Gasteiger partial charge in [-0.3, -0.25) is 43.4 Å². The van der Waals surface area contributed by atoms with Gasteiger partial charge in [0.1, 0.15) is 54.0 Å². The van der Waals surface area contributed by atoms with Crippen molar-refractivity contribution in [3.05, 3.63) is 65.9 Å². The van der Waals surface area contributed by atoms with E-state index >= 15 is 0 Å². The first kappa shape index (κ1) is 72.2. The molecule has 14 atom stereocenters. The number of rotatable bonds is 22. The topological polar surface area (TPSA) is 490 Å². The van der Waals surface area contributed by atoms with Crippen molar-refractivity contribution in [2.45, 2.75) is 158 Å². The van der Waals surface area contributed by atoms with E-state index in [2.05, 4.69) is 52.8 Å². The van der Waals surface area contributed by atoms with Gasteiger partial charge < -0.3 is 102 Å². The van der Waals surface area contributed by atoms with Gasteiger partial charge in [0.15, 0.2) is 17.1 Å². The number of nitrogens with zero attached hydrogens (tertiary/aromatic N) is 4. The summed E-state index contributed by atoms with van der Waals surface area (Å²) < 4.78 is 20.8. The molecule has 15 N–H and O–H groups in total. The average Bonchev–Trinajstić information content (AvgIpc) is 1.62. The van der Waals surface area contributed by atoms with E-state index in [4.69, 9.17) is 19.1 Å². The zero-order valence-electron chi connectivity index (χ0n) is 49.5. The number of aromatic nitrogens is 2. The molecule has 2 aromatic carbocycles. The summed E-state index contributed by atoms with van der Waals surface area (Å²) in [7, 11) is 0. The van der Waals surface area contributed by atoms with Crippen LogP contribution in [0.3, 0.4) is 0 Å². The average molecular weight is 1290 g/mol. The molecule has 0 saturated carbocycles.